The van der Waals surface area contributed by atoms with Crippen molar-refractivity contribution in [3.8, 4) is 0 Å². The molecule has 208 valence electrons. The molecule has 40 heavy (non-hydrogen) atoms. The minimum absolute atomic E-state index is 0.0788. The van der Waals surface area contributed by atoms with Crippen molar-refractivity contribution in [2.75, 3.05) is 0 Å². The molecule has 1 aliphatic heterocycles. The first-order valence-electron chi connectivity index (χ1n) is 14.5. The zero-order valence-corrected chi connectivity index (χ0v) is 23.8. The molecule has 1 atom stereocenters. The lowest BCUT2D eigenvalue weighted by Crippen LogP contribution is -2.64. The number of nitrogens with zero attached hydrogens (tertiary/aromatic N) is 2. The summed E-state index contributed by atoms with van der Waals surface area (Å²) in [6.45, 7) is 2.65. The fourth-order valence-electron chi connectivity index (χ4n) is 6.41. The molecular formula is C33H36FN3O2S. The van der Waals surface area contributed by atoms with Crippen LogP contribution in [-0.4, -0.2) is 27.3 Å². The second-order valence-electron chi connectivity index (χ2n) is 11.2. The van der Waals surface area contributed by atoms with Crippen molar-refractivity contribution < 1.29 is 14.0 Å². The summed E-state index contributed by atoms with van der Waals surface area (Å²) in [6.07, 6.45) is 8.64. The van der Waals surface area contributed by atoms with Crippen LogP contribution in [-0.2, 0) is 29.8 Å². The van der Waals surface area contributed by atoms with Crippen molar-refractivity contribution in [1.82, 2.24) is 14.8 Å². The molecule has 0 bridgehead atoms. The van der Waals surface area contributed by atoms with Gasteiger partial charge in [0.05, 0.1) is 16.8 Å². The Hall–Kier alpha value is -3.45. The number of hydrogen-bond donors (Lipinski definition) is 1. The third kappa shape index (κ3) is 4.85. The summed E-state index contributed by atoms with van der Waals surface area (Å²) in [7, 11) is 0. The van der Waals surface area contributed by atoms with Crippen molar-refractivity contribution in [3.05, 3.63) is 94.2 Å². The molecule has 2 aliphatic rings. The molecule has 7 heteroatoms. The second kappa shape index (κ2) is 11.2. The maximum Gasteiger partial charge on any atom is 0.272 e. The lowest BCUT2D eigenvalue weighted by molar-refractivity contribution is -0.136. The van der Waals surface area contributed by atoms with Crippen LogP contribution < -0.4 is 5.32 Å². The molecule has 0 saturated heterocycles. The average molecular weight is 558 g/mol. The van der Waals surface area contributed by atoms with Gasteiger partial charge in [0.2, 0.25) is 0 Å². The molecule has 0 radical (unpaired) electrons. The summed E-state index contributed by atoms with van der Waals surface area (Å²) in [4.78, 5) is 32.2. The van der Waals surface area contributed by atoms with Gasteiger partial charge in [0.15, 0.2) is 5.54 Å². The van der Waals surface area contributed by atoms with Gasteiger partial charge in [0.1, 0.15) is 11.5 Å². The Labute approximate surface area is 239 Å². The average Bonchev–Trinajstić information content (AvgIpc) is 3.51. The van der Waals surface area contributed by atoms with Crippen LogP contribution >= 0.6 is 11.3 Å². The van der Waals surface area contributed by atoms with Gasteiger partial charge in [-0.15, -0.1) is 11.3 Å². The molecule has 6 rings (SSSR count). The van der Waals surface area contributed by atoms with Gasteiger partial charge >= 0.3 is 0 Å². The van der Waals surface area contributed by atoms with E-state index in [1.807, 2.05) is 36.4 Å². The number of hydrogen-bond acceptors (Lipinski definition) is 3. The topological polar surface area (TPSA) is 54.3 Å². The third-order valence-electron chi connectivity index (χ3n) is 8.62. The third-order valence-corrected chi connectivity index (χ3v) is 9.84. The van der Waals surface area contributed by atoms with Gasteiger partial charge in [-0.2, -0.15) is 0 Å². The quantitative estimate of drug-likeness (QED) is 0.273. The maximum atomic E-state index is 14.7. The first-order valence-corrected chi connectivity index (χ1v) is 15.4. The number of carbonyl (C=O) groups excluding carboxylic acids is 2. The summed E-state index contributed by atoms with van der Waals surface area (Å²) in [5.41, 5.74) is 1.90. The number of nitrogens with one attached hydrogen (secondary N) is 1. The predicted octanol–water partition coefficient (Wildman–Crippen LogP) is 7.18. The second-order valence-corrected chi connectivity index (χ2v) is 12.4. The Bertz CT molecular complexity index is 1500. The molecule has 3 heterocycles. The summed E-state index contributed by atoms with van der Waals surface area (Å²) in [6, 6.07) is 20.1. The summed E-state index contributed by atoms with van der Waals surface area (Å²) in [5.74, 6) is -0.655. The normalized spacial score (nSPS) is 20.2. The zero-order chi connectivity index (χ0) is 27.7. The van der Waals surface area contributed by atoms with Gasteiger partial charge in [0, 0.05) is 17.5 Å². The van der Waals surface area contributed by atoms with Crippen LogP contribution in [0, 0.1) is 5.82 Å². The molecule has 1 fully saturated rings. The highest BCUT2D eigenvalue weighted by Gasteiger charge is 2.53. The van der Waals surface area contributed by atoms with E-state index in [4.69, 9.17) is 0 Å². The Morgan fingerprint density at radius 1 is 1.00 bits per heavy atom. The van der Waals surface area contributed by atoms with E-state index in [1.165, 1.54) is 36.3 Å². The number of aryl methyl sites for hydroxylation is 1. The molecule has 2 aromatic heterocycles. The number of halogens is 1. The van der Waals surface area contributed by atoms with Gasteiger partial charge in [-0.3, -0.25) is 9.59 Å². The minimum atomic E-state index is -1.26. The van der Waals surface area contributed by atoms with E-state index in [2.05, 4.69) is 22.9 Å². The monoisotopic (exact) mass is 557 g/mol. The predicted molar refractivity (Wildman–Crippen MR) is 158 cm³/mol. The molecule has 0 unspecified atom stereocenters. The zero-order valence-electron chi connectivity index (χ0n) is 23.0. The van der Waals surface area contributed by atoms with Gasteiger partial charge in [-0.25, -0.2) is 4.39 Å². The van der Waals surface area contributed by atoms with E-state index < -0.39 is 5.54 Å². The summed E-state index contributed by atoms with van der Waals surface area (Å²) in [5, 5.41) is 3.43. The SMILES string of the molecule is CCc1cc2c(cc3n2C[C@@](C(=O)NC2CCCCCCC2)(c2ccccc2)N(Cc2ccc(F)cc2)C3=O)s1. The summed E-state index contributed by atoms with van der Waals surface area (Å²) >= 11 is 1.70. The minimum Gasteiger partial charge on any atom is -0.351 e. The number of amides is 2. The molecule has 1 saturated carbocycles. The van der Waals surface area contributed by atoms with E-state index >= 15 is 0 Å². The van der Waals surface area contributed by atoms with Crippen molar-refractivity contribution in [2.24, 2.45) is 0 Å². The van der Waals surface area contributed by atoms with E-state index in [0.29, 0.717) is 12.2 Å². The smallest absolute Gasteiger partial charge is 0.272 e. The molecule has 2 aromatic carbocycles. The number of benzene rings is 2. The van der Waals surface area contributed by atoms with Gasteiger partial charge < -0.3 is 14.8 Å². The van der Waals surface area contributed by atoms with Crippen LogP contribution in [0.3, 0.4) is 0 Å². The van der Waals surface area contributed by atoms with Crippen LogP contribution in [0.25, 0.3) is 10.2 Å². The van der Waals surface area contributed by atoms with Gasteiger partial charge in [-0.05, 0) is 54.7 Å². The van der Waals surface area contributed by atoms with Crippen LogP contribution in [0.4, 0.5) is 4.39 Å². The van der Waals surface area contributed by atoms with Crippen molar-refractivity contribution in [1.29, 1.82) is 0 Å². The van der Waals surface area contributed by atoms with Crippen LogP contribution in [0.15, 0.2) is 66.7 Å². The van der Waals surface area contributed by atoms with E-state index in [9.17, 15) is 14.0 Å². The standard InChI is InChI=1S/C33H36FN3O2S/c1-2-27-19-28-30(40-27)20-29-31(38)37(21-23-15-17-25(34)18-16-23)33(22-36(28)29,24-11-7-6-8-12-24)32(39)35-26-13-9-4-3-5-10-14-26/h6-8,11-12,15-20,26H,2-5,9-10,13-14,21-22H2,1H3,(H,35,39)/t33-/m0/s1. The number of aromatic nitrogens is 1. The Morgan fingerprint density at radius 3 is 2.40 bits per heavy atom. The largest absolute Gasteiger partial charge is 0.351 e. The lowest BCUT2D eigenvalue weighted by atomic mass is 9.83. The highest BCUT2D eigenvalue weighted by Crippen LogP contribution is 2.42. The molecule has 1 N–H and O–H groups in total. The van der Waals surface area contributed by atoms with Crippen LogP contribution in [0.2, 0.25) is 0 Å². The van der Waals surface area contributed by atoms with Crippen molar-refractivity contribution in [3.63, 3.8) is 0 Å². The van der Waals surface area contributed by atoms with Gasteiger partial charge in [0.25, 0.3) is 11.8 Å². The Morgan fingerprint density at radius 2 is 1.70 bits per heavy atom. The number of thiophene rings is 1. The molecular weight excluding hydrogens is 521 g/mol. The Balaban J connectivity index is 1.50. The van der Waals surface area contributed by atoms with E-state index in [-0.39, 0.29) is 30.2 Å². The van der Waals surface area contributed by atoms with Gasteiger partial charge in [-0.1, -0.05) is 81.5 Å². The fourth-order valence-corrected chi connectivity index (χ4v) is 7.45. The summed E-state index contributed by atoms with van der Waals surface area (Å²) < 4.78 is 16.9. The van der Waals surface area contributed by atoms with Crippen LogP contribution in [0.1, 0.15) is 78.4 Å². The molecule has 1 aliphatic carbocycles. The first-order chi connectivity index (χ1) is 19.5. The number of carbonyl (C=O) groups is 2. The molecule has 0 spiro atoms. The van der Waals surface area contributed by atoms with E-state index in [1.54, 1.807) is 28.4 Å². The fraction of sp³-hybridized carbons (Fsp3) is 0.394. The number of fused-ring (bicyclic) bond motifs is 3. The molecule has 5 nitrogen and oxygen atoms in total. The highest BCUT2D eigenvalue weighted by atomic mass is 32.1. The van der Waals surface area contributed by atoms with Crippen LogP contribution in [0.5, 0.6) is 0 Å². The molecule has 4 aromatic rings. The maximum absolute atomic E-state index is 14.7. The highest BCUT2D eigenvalue weighted by molar-refractivity contribution is 7.19. The van der Waals surface area contributed by atoms with E-state index in [0.717, 1.165) is 53.4 Å². The lowest BCUT2D eigenvalue weighted by Gasteiger charge is -2.47. The first kappa shape index (κ1) is 26.8. The van der Waals surface area contributed by atoms with Crippen molar-refractivity contribution >= 4 is 33.4 Å². The molecule has 2 amide bonds. The van der Waals surface area contributed by atoms with Crippen molar-refractivity contribution in [2.45, 2.75) is 83.0 Å². The number of rotatable bonds is 6. The Kier molecular flexibility index (Phi) is 7.49.